The molecule has 0 saturated carbocycles. The first kappa shape index (κ1) is 13.9. The van der Waals surface area contributed by atoms with Crippen molar-refractivity contribution < 1.29 is 9.53 Å². The van der Waals surface area contributed by atoms with Gasteiger partial charge in [0.15, 0.2) is 0 Å². The van der Waals surface area contributed by atoms with Crippen molar-refractivity contribution in [3.05, 3.63) is 0 Å². The summed E-state index contributed by atoms with van der Waals surface area (Å²) >= 11 is 0. The maximum atomic E-state index is 12.2. The smallest absolute Gasteiger partial charge is 0.241 e. The summed E-state index contributed by atoms with van der Waals surface area (Å²) in [5.41, 5.74) is -0.108. The van der Waals surface area contributed by atoms with Crippen molar-refractivity contribution >= 4 is 5.91 Å². The lowest BCUT2D eigenvalue weighted by atomic mass is 9.94. The van der Waals surface area contributed by atoms with Crippen molar-refractivity contribution in [3.63, 3.8) is 0 Å². The standard InChI is InChI=1S/C12H21N3O2/c1-12(2)9-15(7-8-17-4)11(16)10(5-6-13)14(12)3/h10H,5,7-9H2,1-4H3. The molecule has 0 aromatic carbocycles. The molecule has 1 unspecified atom stereocenters. The zero-order chi connectivity index (χ0) is 13.1. The molecule has 0 radical (unpaired) electrons. The van der Waals surface area contributed by atoms with Gasteiger partial charge in [-0.1, -0.05) is 0 Å². The fourth-order valence-corrected chi connectivity index (χ4v) is 2.16. The Labute approximate surface area is 103 Å². The molecule has 1 atom stereocenters. The summed E-state index contributed by atoms with van der Waals surface area (Å²) in [7, 11) is 3.53. The Bertz CT molecular complexity index is 322. The maximum absolute atomic E-state index is 12.2. The number of rotatable bonds is 4. The van der Waals surface area contributed by atoms with Crippen LogP contribution in [0.2, 0.25) is 0 Å². The Morgan fingerprint density at radius 2 is 2.24 bits per heavy atom. The normalized spacial score (nSPS) is 24.8. The van der Waals surface area contributed by atoms with Crippen LogP contribution < -0.4 is 0 Å². The van der Waals surface area contributed by atoms with Gasteiger partial charge in [0, 0.05) is 25.7 Å². The highest BCUT2D eigenvalue weighted by Gasteiger charge is 2.42. The van der Waals surface area contributed by atoms with Crippen LogP contribution in [0.1, 0.15) is 20.3 Å². The molecule has 0 N–H and O–H groups in total. The van der Waals surface area contributed by atoms with Crippen LogP contribution in [0.3, 0.4) is 0 Å². The van der Waals surface area contributed by atoms with Gasteiger partial charge in [-0.05, 0) is 20.9 Å². The van der Waals surface area contributed by atoms with E-state index in [4.69, 9.17) is 10.00 Å². The first-order valence-electron chi connectivity index (χ1n) is 5.81. The first-order chi connectivity index (χ1) is 7.94. The largest absolute Gasteiger partial charge is 0.383 e. The molecule has 1 rings (SSSR count). The highest BCUT2D eigenvalue weighted by Crippen LogP contribution is 2.25. The molecular formula is C12H21N3O2. The van der Waals surface area contributed by atoms with E-state index < -0.39 is 0 Å². The molecule has 0 aromatic rings. The van der Waals surface area contributed by atoms with Crippen molar-refractivity contribution in [3.8, 4) is 6.07 Å². The third-order valence-corrected chi connectivity index (χ3v) is 3.45. The number of hydrogen-bond donors (Lipinski definition) is 0. The van der Waals surface area contributed by atoms with E-state index in [1.807, 2.05) is 11.9 Å². The van der Waals surface area contributed by atoms with E-state index in [1.165, 1.54) is 0 Å². The van der Waals surface area contributed by atoms with Gasteiger partial charge in [-0.15, -0.1) is 0 Å². The average molecular weight is 239 g/mol. The maximum Gasteiger partial charge on any atom is 0.241 e. The molecule has 0 aromatic heterocycles. The molecule has 5 nitrogen and oxygen atoms in total. The van der Waals surface area contributed by atoms with Gasteiger partial charge < -0.3 is 9.64 Å². The number of ether oxygens (including phenoxy) is 1. The second-order valence-corrected chi connectivity index (χ2v) is 5.05. The van der Waals surface area contributed by atoms with Crippen molar-refractivity contribution in [2.45, 2.75) is 31.8 Å². The summed E-state index contributed by atoms with van der Waals surface area (Å²) in [4.78, 5) is 16.0. The van der Waals surface area contributed by atoms with Gasteiger partial charge in [0.1, 0.15) is 6.04 Å². The Morgan fingerprint density at radius 1 is 1.59 bits per heavy atom. The molecule has 1 fully saturated rings. The minimum absolute atomic E-state index is 0.0328. The second-order valence-electron chi connectivity index (χ2n) is 5.05. The monoisotopic (exact) mass is 239 g/mol. The Kier molecular flexibility index (Phi) is 4.49. The van der Waals surface area contributed by atoms with Gasteiger partial charge in [-0.2, -0.15) is 5.26 Å². The minimum Gasteiger partial charge on any atom is -0.383 e. The summed E-state index contributed by atoms with van der Waals surface area (Å²) in [5, 5.41) is 8.81. The second kappa shape index (κ2) is 5.48. The number of piperazine rings is 1. The van der Waals surface area contributed by atoms with E-state index >= 15 is 0 Å². The van der Waals surface area contributed by atoms with Gasteiger partial charge in [0.05, 0.1) is 19.1 Å². The third-order valence-electron chi connectivity index (χ3n) is 3.45. The number of methoxy groups -OCH3 is 1. The molecule has 0 spiro atoms. The summed E-state index contributed by atoms with van der Waals surface area (Å²) in [6.45, 7) is 5.97. The van der Waals surface area contributed by atoms with Crippen molar-refractivity contribution in [2.24, 2.45) is 0 Å². The van der Waals surface area contributed by atoms with Gasteiger partial charge in [0.2, 0.25) is 5.91 Å². The summed E-state index contributed by atoms with van der Waals surface area (Å²) in [6.07, 6.45) is 0.238. The first-order valence-corrected chi connectivity index (χ1v) is 5.81. The van der Waals surface area contributed by atoms with Crippen molar-refractivity contribution in [1.29, 1.82) is 5.26 Å². The predicted molar refractivity (Wildman–Crippen MR) is 64.3 cm³/mol. The van der Waals surface area contributed by atoms with Crippen LogP contribution in [0.15, 0.2) is 0 Å². The summed E-state index contributed by atoms with van der Waals surface area (Å²) in [5.74, 6) is 0.0328. The number of carbonyl (C=O) groups is 1. The highest BCUT2D eigenvalue weighted by atomic mass is 16.5. The molecule has 1 heterocycles. The zero-order valence-electron chi connectivity index (χ0n) is 11.1. The lowest BCUT2D eigenvalue weighted by molar-refractivity contribution is -0.148. The Balaban J connectivity index is 2.83. The molecule has 17 heavy (non-hydrogen) atoms. The van der Waals surface area contributed by atoms with Gasteiger partial charge in [0.25, 0.3) is 0 Å². The van der Waals surface area contributed by atoms with Crippen LogP contribution in [-0.4, -0.2) is 61.1 Å². The van der Waals surface area contributed by atoms with Crippen LogP contribution in [0.4, 0.5) is 0 Å². The van der Waals surface area contributed by atoms with Crippen LogP contribution in [-0.2, 0) is 9.53 Å². The van der Waals surface area contributed by atoms with E-state index in [9.17, 15) is 4.79 Å². The Morgan fingerprint density at radius 3 is 2.76 bits per heavy atom. The molecule has 1 aliphatic heterocycles. The minimum atomic E-state index is -0.333. The fourth-order valence-electron chi connectivity index (χ4n) is 2.16. The lowest BCUT2D eigenvalue weighted by Crippen LogP contribution is -2.65. The predicted octanol–water partition coefficient (Wildman–Crippen LogP) is 0.468. The molecule has 0 bridgehead atoms. The van der Waals surface area contributed by atoms with E-state index in [2.05, 4.69) is 19.9 Å². The lowest BCUT2D eigenvalue weighted by Gasteiger charge is -2.48. The van der Waals surface area contributed by atoms with Gasteiger partial charge in [-0.25, -0.2) is 0 Å². The van der Waals surface area contributed by atoms with Gasteiger partial charge in [-0.3, -0.25) is 9.69 Å². The van der Waals surface area contributed by atoms with Crippen LogP contribution >= 0.6 is 0 Å². The van der Waals surface area contributed by atoms with Crippen LogP contribution in [0.25, 0.3) is 0 Å². The number of amides is 1. The molecule has 0 aliphatic carbocycles. The average Bonchev–Trinajstić information content (AvgIpc) is 2.28. The van der Waals surface area contributed by atoms with Gasteiger partial charge >= 0.3 is 0 Å². The molecule has 5 heteroatoms. The molecule has 96 valence electrons. The summed E-state index contributed by atoms with van der Waals surface area (Å²) < 4.78 is 5.01. The third kappa shape index (κ3) is 2.96. The topological polar surface area (TPSA) is 56.6 Å². The highest BCUT2D eigenvalue weighted by molar-refractivity contribution is 5.83. The van der Waals surface area contributed by atoms with Crippen LogP contribution in [0, 0.1) is 11.3 Å². The number of carbonyl (C=O) groups excluding carboxylic acids is 1. The summed E-state index contributed by atoms with van der Waals surface area (Å²) in [6, 6.07) is 1.76. The van der Waals surface area contributed by atoms with Crippen LogP contribution in [0.5, 0.6) is 0 Å². The van der Waals surface area contributed by atoms with E-state index in [-0.39, 0.29) is 23.9 Å². The van der Waals surface area contributed by atoms with E-state index in [0.717, 1.165) is 0 Å². The zero-order valence-corrected chi connectivity index (χ0v) is 11.1. The number of hydrogen-bond acceptors (Lipinski definition) is 4. The number of likely N-dealkylation sites (N-methyl/N-ethyl adjacent to an activating group) is 1. The molecule has 1 amide bonds. The molecule has 1 saturated heterocycles. The SMILES string of the molecule is COCCN1CC(C)(C)N(C)C(CC#N)C1=O. The van der Waals surface area contributed by atoms with E-state index in [0.29, 0.717) is 19.7 Å². The number of nitrogens with zero attached hydrogens (tertiary/aromatic N) is 3. The quantitative estimate of drug-likeness (QED) is 0.715. The van der Waals surface area contributed by atoms with E-state index in [1.54, 1.807) is 12.0 Å². The molecular weight excluding hydrogens is 218 g/mol. The fraction of sp³-hybridized carbons (Fsp3) is 0.833. The Hall–Kier alpha value is -1.12. The molecule has 1 aliphatic rings. The van der Waals surface area contributed by atoms with Crippen molar-refractivity contribution in [2.75, 3.05) is 33.9 Å². The number of nitriles is 1. The van der Waals surface area contributed by atoms with Crippen molar-refractivity contribution in [1.82, 2.24) is 9.80 Å².